The van der Waals surface area contributed by atoms with Gasteiger partial charge in [-0.15, -0.1) is 0 Å². The SMILES string of the molecule is CCC(O)c1c(C)nn(Cc2ccc(F)cc2Br)c1C. The number of aryl methyl sites for hydroxylation is 1. The van der Waals surface area contributed by atoms with Crippen molar-refractivity contribution in [2.75, 3.05) is 0 Å². The minimum absolute atomic E-state index is 0.268. The van der Waals surface area contributed by atoms with Gasteiger partial charge in [-0.25, -0.2) is 4.39 Å². The molecule has 1 heterocycles. The molecule has 0 spiro atoms. The van der Waals surface area contributed by atoms with E-state index in [-0.39, 0.29) is 5.82 Å². The Labute approximate surface area is 126 Å². The molecule has 2 rings (SSSR count). The molecule has 5 heteroatoms. The Kier molecular flexibility index (Phi) is 4.60. The predicted octanol–water partition coefficient (Wildman–Crippen LogP) is 3.89. The van der Waals surface area contributed by atoms with Gasteiger partial charge in [0, 0.05) is 15.7 Å². The minimum Gasteiger partial charge on any atom is -0.388 e. The van der Waals surface area contributed by atoms with Crippen LogP contribution in [0.25, 0.3) is 0 Å². The first-order valence-corrected chi connectivity index (χ1v) is 7.39. The van der Waals surface area contributed by atoms with Crippen molar-refractivity contribution in [3.63, 3.8) is 0 Å². The second-order valence-electron chi connectivity index (χ2n) is 4.90. The lowest BCUT2D eigenvalue weighted by atomic mass is 10.1. The standard InChI is InChI=1S/C15H18BrFN2O/c1-4-14(20)15-9(2)18-19(10(15)3)8-11-5-6-12(17)7-13(11)16/h5-7,14,20H,4,8H2,1-3H3. The third-order valence-corrected chi connectivity index (χ3v) is 4.23. The van der Waals surface area contributed by atoms with Crippen LogP contribution in [0, 0.1) is 19.7 Å². The second kappa shape index (κ2) is 6.06. The van der Waals surface area contributed by atoms with Crippen LogP contribution in [0.15, 0.2) is 22.7 Å². The summed E-state index contributed by atoms with van der Waals surface area (Å²) in [6, 6.07) is 4.63. The van der Waals surface area contributed by atoms with Gasteiger partial charge in [-0.3, -0.25) is 4.68 Å². The monoisotopic (exact) mass is 340 g/mol. The fourth-order valence-corrected chi connectivity index (χ4v) is 2.84. The predicted molar refractivity (Wildman–Crippen MR) is 80.2 cm³/mol. The summed E-state index contributed by atoms with van der Waals surface area (Å²) in [5, 5.41) is 14.5. The average Bonchev–Trinajstić information content (AvgIpc) is 2.67. The van der Waals surface area contributed by atoms with Gasteiger partial charge in [0.2, 0.25) is 0 Å². The summed E-state index contributed by atoms with van der Waals surface area (Å²) in [4.78, 5) is 0. The van der Waals surface area contributed by atoms with Crippen LogP contribution < -0.4 is 0 Å². The largest absolute Gasteiger partial charge is 0.388 e. The van der Waals surface area contributed by atoms with E-state index in [1.54, 1.807) is 6.07 Å². The molecule has 1 aromatic heterocycles. The van der Waals surface area contributed by atoms with Gasteiger partial charge in [-0.2, -0.15) is 5.10 Å². The number of aliphatic hydroxyl groups excluding tert-OH is 1. The lowest BCUT2D eigenvalue weighted by molar-refractivity contribution is 0.172. The molecule has 108 valence electrons. The number of aromatic nitrogens is 2. The molecule has 1 unspecified atom stereocenters. The summed E-state index contributed by atoms with van der Waals surface area (Å²) in [6.45, 7) is 6.34. The van der Waals surface area contributed by atoms with Crippen LogP contribution in [0.1, 0.15) is 42.0 Å². The van der Waals surface area contributed by atoms with Gasteiger partial charge < -0.3 is 5.11 Å². The quantitative estimate of drug-likeness (QED) is 0.916. The number of hydrogen-bond acceptors (Lipinski definition) is 2. The molecular weight excluding hydrogens is 323 g/mol. The molecule has 0 saturated carbocycles. The van der Waals surface area contributed by atoms with Crippen molar-refractivity contribution in [1.82, 2.24) is 9.78 Å². The van der Waals surface area contributed by atoms with Crippen LogP contribution in [0.2, 0.25) is 0 Å². The van der Waals surface area contributed by atoms with Crippen LogP contribution >= 0.6 is 15.9 Å². The minimum atomic E-state index is -0.486. The highest BCUT2D eigenvalue weighted by molar-refractivity contribution is 9.10. The molecule has 3 nitrogen and oxygen atoms in total. The van der Waals surface area contributed by atoms with Crippen LogP contribution in [0.5, 0.6) is 0 Å². The Bertz CT molecular complexity index is 625. The van der Waals surface area contributed by atoms with E-state index < -0.39 is 6.10 Å². The van der Waals surface area contributed by atoms with E-state index >= 15 is 0 Å². The van der Waals surface area contributed by atoms with Gasteiger partial charge in [-0.1, -0.05) is 28.9 Å². The summed E-state index contributed by atoms with van der Waals surface area (Å²) in [5.74, 6) is -0.268. The molecule has 1 aromatic carbocycles. The Morgan fingerprint density at radius 1 is 1.40 bits per heavy atom. The molecule has 0 fully saturated rings. The summed E-state index contributed by atoms with van der Waals surface area (Å²) in [6.07, 6.45) is 0.175. The van der Waals surface area contributed by atoms with Crippen molar-refractivity contribution in [2.24, 2.45) is 0 Å². The van der Waals surface area contributed by atoms with Crippen LogP contribution in [0.4, 0.5) is 4.39 Å². The lowest BCUT2D eigenvalue weighted by Crippen LogP contribution is -2.06. The molecule has 0 aliphatic rings. The lowest BCUT2D eigenvalue weighted by Gasteiger charge is -2.10. The Balaban J connectivity index is 2.35. The van der Waals surface area contributed by atoms with Crippen molar-refractivity contribution < 1.29 is 9.50 Å². The van der Waals surface area contributed by atoms with Crippen LogP contribution in [-0.4, -0.2) is 14.9 Å². The number of benzene rings is 1. The molecule has 2 aromatic rings. The molecule has 1 N–H and O–H groups in total. The highest BCUT2D eigenvalue weighted by Gasteiger charge is 2.18. The molecule has 0 bridgehead atoms. The number of rotatable bonds is 4. The summed E-state index contributed by atoms with van der Waals surface area (Å²) < 4.78 is 15.7. The van der Waals surface area contributed by atoms with E-state index in [2.05, 4.69) is 21.0 Å². The zero-order chi connectivity index (χ0) is 14.9. The molecular formula is C15H18BrFN2O. The molecule has 0 radical (unpaired) electrons. The van der Waals surface area contributed by atoms with Crippen molar-refractivity contribution in [3.05, 3.63) is 51.0 Å². The number of nitrogens with zero attached hydrogens (tertiary/aromatic N) is 2. The Morgan fingerprint density at radius 3 is 2.70 bits per heavy atom. The van der Waals surface area contributed by atoms with Gasteiger partial charge in [0.1, 0.15) is 5.82 Å². The van der Waals surface area contributed by atoms with E-state index in [1.165, 1.54) is 12.1 Å². The summed E-state index contributed by atoms with van der Waals surface area (Å²) in [5.41, 5.74) is 3.64. The van der Waals surface area contributed by atoms with Gasteiger partial charge in [0.25, 0.3) is 0 Å². The first-order chi connectivity index (χ1) is 9.43. The van der Waals surface area contributed by atoms with E-state index in [0.29, 0.717) is 13.0 Å². The van der Waals surface area contributed by atoms with E-state index in [0.717, 1.165) is 27.0 Å². The number of hydrogen-bond donors (Lipinski definition) is 1. The van der Waals surface area contributed by atoms with Crippen LogP contribution in [-0.2, 0) is 6.54 Å². The zero-order valence-electron chi connectivity index (χ0n) is 11.8. The molecule has 0 amide bonds. The summed E-state index contributed by atoms with van der Waals surface area (Å²) >= 11 is 3.37. The molecule has 0 aliphatic carbocycles. The number of halogens is 2. The van der Waals surface area contributed by atoms with Gasteiger partial charge >= 0.3 is 0 Å². The smallest absolute Gasteiger partial charge is 0.124 e. The molecule has 1 atom stereocenters. The van der Waals surface area contributed by atoms with Crippen molar-refractivity contribution in [3.8, 4) is 0 Å². The third-order valence-electron chi connectivity index (χ3n) is 3.49. The van der Waals surface area contributed by atoms with E-state index in [1.807, 2.05) is 25.5 Å². The fourth-order valence-electron chi connectivity index (χ4n) is 2.36. The third kappa shape index (κ3) is 2.94. The van der Waals surface area contributed by atoms with Gasteiger partial charge in [0.15, 0.2) is 0 Å². The normalized spacial score (nSPS) is 12.7. The maximum Gasteiger partial charge on any atom is 0.124 e. The molecule has 0 saturated heterocycles. The Morgan fingerprint density at radius 2 is 2.10 bits per heavy atom. The van der Waals surface area contributed by atoms with Gasteiger partial charge in [-0.05, 0) is 38.0 Å². The maximum absolute atomic E-state index is 13.1. The highest BCUT2D eigenvalue weighted by Crippen LogP contribution is 2.25. The first-order valence-electron chi connectivity index (χ1n) is 6.60. The van der Waals surface area contributed by atoms with E-state index in [9.17, 15) is 9.50 Å². The van der Waals surface area contributed by atoms with Crippen molar-refractivity contribution in [2.45, 2.75) is 39.8 Å². The summed E-state index contributed by atoms with van der Waals surface area (Å²) in [7, 11) is 0. The van der Waals surface area contributed by atoms with E-state index in [4.69, 9.17) is 0 Å². The topological polar surface area (TPSA) is 38.1 Å². The zero-order valence-corrected chi connectivity index (χ0v) is 13.4. The van der Waals surface area contributed by atoms with Crippen molar-refractivity contribution in [1.29, 1.82) is 0 Å². The van der Waals surface area contributed by atoms with Crippen molar-refractivity contribution >= 4 is 15.9 Å². The second-order valence-corrected chi connectivity index (χ2v) is 5.76. The highest BCUT2D eigenvalue weighted by atomic mass is 79.9. The number of aliphatic hydroxyl groups is 1. The van der Waals surface area contributed by atoms with Crippen LogP contribution in [0.3, 0.4) is 0 Å². The molecule has 20 heavy (non-hydrogen) atoms. The molecule has 0 aliphatic heterocycles. The average molecular weight is 341 g/mol. The maximum atomic E-state index is 13.1. The Hall–Kier alpha value is -1.20. The fraction of sp³-hybridized carbons (Fsp3) is 0.400. The van der Waals surface area contributed by atoms with Gasteiger partial charge in [0.05, 0.1) is 18.3 Å². The first kappa shape index (κ1) is 15.2.